The zero-order valence-electron chi connectivity index (χ0n) is 12.7. The van der Waals surface area contributed by atoms with Crippen LogP contribution in [-0.2, 0) is 0 Å². The number of rotatable bonds is 3. The Morgan fingerprint density at radius 1 is 0.850 bits per heavy atom. The number of hydrogen-bond acceptors (Lipinski definition) is 2. The number of Topliss-reactive ketones (excluding diaryl/α,β-unsaturated/α-hetero) is 1. The second-order valence-electron chi connectivity index (χ2n) is 5.18. The lowest BCUT2D eigenvalue weighted by Gasteiger charge is -2.18. The van der Waals surface area contributed by atoms with E-state index in [0.717, 1.165) is 16.7 Å². The van der Waals surface area contributed by atoms with E-state index in [1.165, 1.54) is 20.9 Å². The van der Waals surface area contributed by atoms with E-state index in [1.807, 2.05) is 19.9 Å². The Labute approximate surface area is 125 Å². The minimum atomic E-state index is 0.155. The first-order valence-corrected chi connectivity index (χ1v) is 7.59. The van der Waals surface area contributed by atoms with Crippen LogP contribution in [0.2, 0.25) is 0 Å². The van der Waals surface area contributed by atoms with E-state index in [4.69, 9.17) is 0 Å². The molecule has 2 heteroatoms. The lowest BCUT2D eigenvalue weighted by atomic mass is 9.92. The van der Waals surface area contributed by atoms with E-state index in [2.05, 4.69) is 38.1 Å². The highest BCUT2D eigenvalue weighted by Crippen LogP contribution is 2.37. The summed E-state index contributed by atoms with van der Waals surface area (Å²) in [5, 5.41) is 0. The fraction of sp³-hybridized carbons (Fsp3) is 0.278. The highest BCUT2D eigenvalue weighted by molar-refractivity contribution is 7.99. The Hall–Kier alpha value is -1.54. The number of ketones is 1. The van der Waals surface area contributed by atoms with Crippen molar-refractivity contribution in [3.8, 4) is 0 Å². The number of carbonyl (C=O) groups excluding carboxylic acids is 1. The third-order valence-electron chi connectivity index (χ3n) is 3.87. The molecule has 0 aromatic heterocycles. The first-order valence-electron chi connectivity index (χ1n) is 6.77. The van der Waals surface area contributed by atoms with E-state index in [9.17, 15) is 4.79 Å². The molecule has 104 valence electrons. The summed E-state index contributed by atoms with van der Waals surface area (Å²) in [7, 11) is 0. The molecule has 0 bridgehead atoms. The largest absolute Gasteiger partial charge is 0.294 e. The van der Waals surface area contributed by atoms with Crippen molar-refractivity contribution in [2.45, 2.75) is 44.4 Å². The predicted molar refractivity (Wildman–Crippen MR) is 86.0 cm³/mol. The van der Waals surface area contributed by atoms with Crippen LogP contribution in [0, 0.1) is 27.7 Å². The van der Waals surface area contributed by atoms with Gasteiger partial charge in [0.05, 0.1) is 0 Å². The lowest BCUT2D eigenvalue weighted by Crippen LogP contribution is -2.06. The van der Waals surface area contributed by atoms with Crippen molar-refractivity contribution in [3.63, 3.8) is 0 Å². The predicted octanol–water partition coefficient (Wildman–Crippen LogP) is 5.27. The van der Waals surface area contributed by atoms with Crippen LogP contribution < -0.4 is 0 Å². The summed E-state index contributed by atoms with van der Waals surface area (Å²) in [6.07, 6.45) is 0. The Morgan fingerprint density at radius 2 is 1.35 bits per heavy atom. The molecule has 0 aliphatic rings. The van der Waals surface area contributed by atoms with Gasteiger partial charge >= 0.3 is 0 Å². The van der Waals surface area contributed by atoms with Crippen molar-refractivity contribution < 1.29 is 4.79 Å². The number of benzene rings is 2. The molecule has 0 aliphatic carbocycles. The molecule has 2 rings (SSSR count). The van der Waals surface area contributed by atoms with Crippen LogP contribution in [0.25, 0.3) is 0 Å². The van der Waals surface area contributed by atoms with Crippen molar-refractivity contribution in [1.29, 1.82) is 0 Å². The molecule has 0 aliphatic heterocycles. The summed E-state index contributed by atoms with van der Waals surface area (Å²) < 4.78 is 0. The SMILES string of the molecule is CC(=O)c1c(C)c(C)c(Sc2ccccc2)c(C)c1C. The van der Waals surface area contributed by atoms with Crippen molar-refractivity contribution in [1.82, 2.24) is 0 Å². The van der Waals surface area contributed by atoms with Crippen LogP contribution in [-0.4, -0.2) is 5.78 Å². The summed E-state index contributed by atoms with van der Waals surface area (Å²) in [6.45, 7) is 9.97. The highest BCUT2D eigenvalue weighted by Gasteiger charge is 2.17. The quantitative estimate of drug-likeness (QED) is 0.714. The monoisotopic (exact) mass is 284 g/mol. The van der Waals surface area contributed by atoms with Gasteiger partial charge in [0, 0.05) is 15.4 Å². The molecule has 0 amide bonds. The summed E-state index contributed by atoms with van der Waals surface area (Å²) in [6, 6.07) is 10.4. The summed E-state index contributed by atoms with van der Waals surface area (Å²) in [5.74, 6) is 0.155. The Balaban J connectivity index is 2.58. The fourth-order valence-corrected chi connectivity index (χ4v) is 3.71. The van der Waals surface area contributed by atoms with Gasteiger partial charge < -0.3 is 0 Å². The van der Waals surface area contributed by atoms with Gasteiger partial charge in [0.15, 0.2) is 5.78 Å². The summed E-state index contributed by atoms with van der Waals surface area (Å²) >= 11 is 1.78. The third kappa shape index (κ3) is 2.66. The van der Waals surface area contributed by atoms with Gasteiger partial charge in [-0.25, -0.2) is 0 Å². The zero-order valence-corrected chi connectivity index (χ0v) is 13.5. The molecule has 0 radical (unpaired) electrons. The van der Waals surface area contributed by atoms with Crippen LogP contribution in [0.3, 0.4) is 0 Å². The van der Waals surface area contributed by atoms with Crippen molar-refractivity contribution in [2.24, 2.45) is 0 Å². The van der Waals surface area contributed by atoms with Crippen molar-refractivity contribution in [2.75, 3.05) is 0 Å². The van der Waals surface area contributed by atoms with Gasteiger partial charge in [-0.05, 0) is 69.0 Å². The molecule has 1 nitrogen and oxygen atoms in total. The number of hydrogen-bond donors (Lipinski definition) is 0. The molecule has 2 aromatic rings. The molecule has 0 heterocycles. The molecular weight excluding hydrogens is 264 g/mol. The summed E-state index contributed by atoms with van der Waals surface area (Å²) in [5.41, 5.74) is 5.54. The van der Waals surface area contributed by atoms with Gasteiger partial charge in [-0.2, -0.15) is 0 Å². The van der Waals surface area contributed by atoms with Crippen LogP contribution in [0.5, 0.6) is 0 Å². The Morgan fingerprint density at radius 3 is 1.80 bits per heavy atom. The molecule has 0 N–H and O–H groups in total. The maximum Gasteiger partial charge on any atom is 0.160 e. The molecule has 20 heavy (non-hydrogen) atoms. The van der Waals surface area contributed by atoms with E-state index in [1.54, 1.807) is 18.7 Å². The maximum atomic E-state index is 11.9. The molecule has 0 saturated heterocycles. The van der Waals surface area contributed by atoms with Crippen molar-refractivity contribution >= 4 is 17.5 Å². The van der Waals surface area contributed by atoms with Crippen LogP contribution in [0.1, 0.15) is 39.5 Å². The molecule has 0 unspecified atom stereocenters. The molecule has 2 aromatic carbocycles. The second-order valence-corrected chi connectivity index (χ2v) is 6.26. The van der Waals surface area contributed by atoms with Crippen LogP contribution in [0.15, 0.2) is 40.1 Å². The molecule has 0 fully saturated rings. The van der Waals surface area contributed by atoms with E-state index < -0.39 is 0 Å². The number of carbonyl (C=O) groups is 1. The van der Waals surface area contributed by atoms with Crippen molar-refractivity contribution in [3.05, 3.63) is 58.1 Å². The lowest BCUT2D eigenvalue weighted by molar-refractivity contribution is 0.101. The van der Waals surface area contributed by atoms with Crippen LogP contribution >= 0.6 is 11.8 Å². The standard InChI is InChI=1S/C18H20OS/c1-11-13(3)18(20-16-9-7-6-8-10-16)14(4)12(2)17(11)15(5)19/h6-10H,1-5H3. The highest BCUT2D eigenvalue weighted by atomic mass is 32.2. The Kier molecular flexibility index (Phi) is 4.34. The maximum absolute atomic E-state index is 11.9. The van der Waals surface area contributed by atoms with Gasteiger partial charge in [-0.3, -0.25) is 4.79 Å². The van der Waals surface area contributed by atoms with Gasteiger partial charge in [0.2, 0.25) is 0 Å². The normalized spacial score (nSPS) is 10.7. The second kappa shape index (κ2) is 5.84. The minimum Gasteiger partial charge on any atom is -0.294 e. The molecule has 0 saturated carbocycles. The van der Waals surface area contributed by atoms with E-state index in [-0.39, 0.29) is 5.78 Å². The van der Waals surface area contributed by atoms with Gasteiger partial charge in [0.25, 0.3) is 0 Å². The first-order chi connectivity index (χ1) is 9.43. The van der Waals surface area contributed by atoms with E-state index in [0.29, 0.717) is 0 Å². The van der Waals surface area contributed by atoms with Gasteiger partial charge in [0.1, 0.15) is 0 Å². The van der Waals surface area contributed by atoms with Gasteiger partial charge in [-0.15, -0.1) is 0 Å². The average molecular weight is 284 g/mol. The van der Waals surface area contributed by atoms with E-state index >= 15 is 0 Å². The minimum absolute atomic E-state index is 0.155. The third-order valence-corrected chi connectivity index (χ3v) is 5.20. The Bertz CT molecular complexity index is 628. The van der Waals surface area contributed by atoms with Crippen LogP contribution in [0.4, 0.5) is 0 Å². The average Bonchev–Trinajstić information content (AvgIpc) is 2.42. The van der Waals surface area contributed by atoms with Gasteiger partial charge in [-0.1, -0.05) is 30.0 Å². The topological polar surface area (TPSA) is 17.1 Å². The molecular formula is C18H20OS. The fourth-order valence-electron chi connectivity index (χ4n) is 2.57. The zero-order chi connectivity index (χ0) is 14.9. The molecule has 0 atom stereocenters. The molecule has 0 spiro atoms. The summed E-state index contributed by atoms with van der Waals surface area (Å²) in [4.78, 5) is 14.4. The first kappa shape index (κ1) is 14.9. The smallest absolute Gasteiger partial charge is 0.160 e.